The average Bonchev–Trinajstić information content (AvgIpc) is 3.01. The first-order valence-corrected chi connectivity index (χ1v) is 9.24. The molecule has 1 heterocycles. The Morgan fingerprint density at radius 3 is 2.91 bits per heavy atom. The average molecular weight is 320 g/mol. The van der Waals surface area contributed by atoms with Crippen molar-refractivity contribution in [1.29, 1.82) is 0 Å². The van der Waals surface area contributed by atoms with Gasteiger partial charge < -0.3 is 0 Å². The molecule has 1 aliphatic rings. The normalized spacial score (nSPS) is 14.8. The number of hydrogen-bond acceptors (Lipinski definition) is 4. The quantitative estimate of drug-likeness (QED) is 0.907. The maximum absolute atomic E-state index is 11.5. The van der Waals surface area contributed by atoms with Crippen molar-refractivity contribution in [3.63, 3.8) is 0 Å². The molecule has 0 aliphatic heterocycles. The van der Waals surface area contributed by atoms with Gasteiger partial charge in [-0.15, -0.1) is 5.10 Å². The Kier molecular flexibility index (Phi) is 4.26. The van der Waals surface area contributed by atoms with Gasteiger partial charge in [-0.25, -0.2) is 17.8 Å². The molecule has 0 amide bonds. The molecule has 3 rings (SSSR count). The summed E-state index contributed by atoms with van der Waals surface area (Å²) >= 11 is 0. The highest BCUT2D eigenvalue weighted by atomic mass is 32.2. The molecule has 118 valence electrons. The van der Waals surface area contributed by atoms with E-state index in [2.05, 4.69) is 21.1 Å². The van der Waals surface area contributed by atoms with Crippen molar-refractivity contribution in [2.75, 3.05) is 5.75 Å². The molecule has 0 spiro atoms. The van der Waals surface area contributed by atoms with Crippen LogP contribution in [0.1, 0.15) is 36.6 Å². The van der Waals surface area contributed by atoms with Gasteiger partial charge in [0.2, 0.25) is 10.0 Å². The summed E-state index contributed by atoms with van der Waals surface area (Å²) in [6.45, 7) is 1.78. The van der Waals surface area contributed by atoms with E-state index in [4.69, 9.17) is 0 Å². The molecule has 0 unspecified atom stereocenters. The minimum atomic E-state index is -3.21. The Labute approximate surface area is 130 Å². The third kappa shape index (κ3) is 3.20. The fourth-order valence-corrected chi connectivity index (χ4v) is 3.33. The summed E-state index contributed by atoms with van der Waals surface area (Å²) in [6, 6.07) is 6.25. The number of sulfonamides is 1. The molecule has 0 saturated heterocycles. The van der Waals surface area contributed by atoms with Gasteiger partial charge in [-0.1, -0.05) is 17.3 Å². The van der Waals surface area contributed by atoms with Crippen molar-refractivity contribution in [3.8, 4) is 5.69 Å². The third-order valence-corrected chi connectivity index (χ3v) is 5.36. The van der Waals surface area contributed by atoms with E-state index in [0.29, 0.717) is 5.69 Å². The molecule has 0 atom stereocenters. The standard InChI is InChI=1S/C15H20N4O2S/c1-2-22(20,21)16-10-13-11-19(18-17-13)15-9-5-7-12-6-3-4-8-14(12)15/h5,7,9,11,16H,2-4,6,8,10H2,1H3. The maximum Gasteiger partial charge on any atom is 0.211 e. The molecule has 1 aliphatic carbocycles. The SMILES string of the molecule is CCS(=O)(=O)NCc1cn(-c2cccc3c2CCCC3)nn1. The minimum absolute atomic E-state index is 0.0628. The Hall–Kier alpha value is -1.73. The Balaban J connectivity index is 1.82. The largest absolute Gasteiger partial charge is 0.220 e. The van der Waals surface area contributed by atoms with Crippen LogP contribution in [-0.4, -0.2) is 29.2 Å². The number of nitrogens with one attached hydrogen (secondary N) is 1. The topological polar surface area (TPSA) is 76.9 Å². The van der Waals surface area contributed by atoms with Crippen molar-refractivity contribution in [2.45, 2.75) is 39.2 Å². The summed E-state index contributed by atoms with van der Waals surface area (Å²) in [7, 11) is -3.21. The van der Waals surface area contributed by atoms with Crippen LogP contribution in [0.25, 0.3) is 5.69 Å². The van der Waals surface area contributed by atoms with Crippen molar-refractivity contribution in [3.05, 3.63) is 41.2 Å². The van der Waals surface area contributed by atoms with Crippen molar-refractivity contribution < 1.29 is 8.42 Å². The Bertz CT molecular complexity index is 768. The van der Waals surface area contributed by atoms with Crippen LogP contribution in [0.4, 0.5) is 0 Å². The number of benzene rings is 1. The van der Waals surface area contributed by atoms with Gasteiger partial charge >= 0.3 is 0 Å². The summed E-state index contributed by atoms with van der Waals surface area (Å²) in [5.74, 6) is 0.0628. The van der Waals surface area contributed by atoms with E-state index in [1.54, 1.807) is 17.8 Å². The minimum Gasteiger partial charge on any atom is -0.220 e. The molecule has 6 nitrogen and oxygen atoms in total. The predicted molar refractivity (Wildman–Crippen MR) is 84.3 cm³/mol. The molecule has 7 heteroatoms. The fraction of sp³-hybridized carbons (Fsp3) is 0.467. The van der Waals surface area contributed by atoms with E-state index in [1.165, 1.54) is 24.0 Å². The molecule has 1 aromatic heterocycles. The second-order valence-electron chi connectivity index (χ2n) is 5.50. The van der Waals surface area contributed by atoms with Crippen molar-refractivity contribution >= 4 is 10.0 Å². The number of nitrogens with zero attached hydrogens (tertiary/aromatic N) is 3. The summed E-state index contributed by atoms with van der Waals surface area (Å²) in [5, 5.41) is 8.22. The molecular weight excluding hydrogens is 300 g/mol. The summed E-state index contributed by atoms with van der Waals surface area (Å²) in [5.41, 5.74) is 4.38. The number of aromatic nitrogens is 3. The first kappa shape index (κ1) is 15.2. The predicted octanol–water partition coefficient (Wildman–Crippen LogP) is 1.59. The van der Waals surface area contributed by atoms with Gasteiger partial charge in [0.1, 0.15) is 0 Å². The second-order valence-corrected chi connectivity index (χ2v) is 7.60. The lowest BCUT2D eigenvalue weighted by Crippen LogP contribution is -2.24. The number of hydrogen-bond donors (Lipinski definition) is 1. The van der Waals surface area contributed by atoms with Gasteiger partial charge in [-0.2, -0.15) is 0 Å². The maximum atomic E-state index is 11.5. The highest BCUT2D eigenvalue weighted by molar-refractivity contribution is 7.89. The summed E-state index contributed by atoms with van der Waals surface area (Å²) in [4.78, 5) is 0. The van der Waals surface area contributed by atoms with Crippen LogP contribution < -0.4 is 4.72 Å². The van der Waals surface area contributed by atoms with Crippen molar-refractivity contribution in [1.82, 2.24) is 19.7 Å². The lowest BCUT2D eigenvalue weighted by atomic mass is 9.90. The van der Waals surface area contributed by atoms with Crippen LogP contribution in [0.5, 0.6) is 0 Å². The molecule has 0 saturated carbocycles. The van der Waals surface area contributed by atoms with Crippen LogP contribution in [-0.2, 0) is 29.4 Å². The third-order valence-electron chi connectivity index (χ3n) is 4.01. The first-order valence-electron chi connectivity index (χ1n) is 7.59. The van der Waals surface area contributed by atoms with Gasteiger partial charge in [-0.3, -0.25) is 0 Å². The smallest absolute Gasteiger partial charge is 0.211 e. The molecule has 1 N–H and O–H groups in total. The van der Waals surface area contributed by atoms with Gasteiger partial charge in [0.05, 0.1) is 29.9 Å². The van der Waals surface area contributed by atoms with Crippen LogP contribution in [0.3, 0.4) is 0 Å². The van der Waals surface area contributed by atoms with Gasteiger partial charge in [0, 0.05) is 0 Å². The lowest BCUT2D eigenvalue weighted by molar-refractivity contribution is 0.581. The molecular formula is C15H20N4O2S. The van der Waals surface area contributed by atoms with Crippen LogP contribution in [0.2, 0.25) is 0 Å². The lowest BCUT2D eigenvalue weighted by Gasteiger charge is -2.18. The highest BCUT2D eigenvalue weighted by Crippen LogP contribution is 2.26. The molecule has 2 aromatic rings. The highest BCUT2D eigenvalue weighted by Gasteiger charge is 2.15. The van der Waals surface area contributed by atoms with E-state index in [1.807, 2.05) is 12.1 Å². The first-order chi connectivity index (χ1) is 10.6. The van der Waals surface area contributed by atoms with E-state index < -0.39 is 10.0 Å². The van der Waals surface area contributed by atoms with Gasteiger partial charge in [0.15, 0.2) is 0 Å². The zero-order chi connectivity index (χ0) is 15.6. The second kappa shape index (κ2) is 6.18. The molecule has 22 heavy (non-hydrogen) atoms. The Morgan fingerprint density at radius 2 is 2.09 bits per heavy atom. The fourth-order valence-electron chi connectivity index (χ4n) is 2.76. The zero-order valence-electron chi connectivity index (χ0n) is 12.6. The summed E-state index contributed by atoms with van der Waals surface area (Å²) in [6.07, 6.45) is 6.40. The molecule has 1 aromatic carbocycles. The van der Waals surface area contributed by atoms with E-state index in [9.17, 15) is 8.42 Å². The van der Waals surface area contributed by atoms with Gasteiger partial charge in [-0.05, 0) is 49.8 Å². The zero-order valence-corrected chi connectivity index (χ0v) is 13.4. The molecule has 0 bridgehead atoms. The Morgan fingerprint density at radius 1 is 1.27 bits per heavy atom. The van der Waals surface area contributed by atoms with Crippen LogP contribution >= 0.6 is 0 Å². The summed E-state index contributed by atoms with van der Waals surface area (Å²) < 4.78 is 27.2. The van der Waals surface area contributed by atoms with E-state index in [0.717, 1.165) is 18.5 Å². The number of rotatable bonds is 5. The monoisotopic (exact) mass is 320 g/mol. The van der Waals surface area contributed by atoms with E-state index >= 15 is 0 Å². The number of fused-ring (bicyclic) bond motifs is 1. The number of aryl methyl sites for hydroxylation is 1. The van der Waals surface area contributed by atoms with Gasteiger partial charge in [0.25, 0.3) is 0 Å². The van der Waals surface area contributed by atoms with E-state index in [-0.39, 0.29) is 12.3 Å². The molecule has 0 radical (unpaired) electrons. The van der Waals surface area contributed by atoms with Crippen molar-refractivity contribution in [2.24, 2.45) is 0 Å². The van der Waals surface area contributed by atoms with Crippen LogP contribution in [0.15, 0.2) is 24.4 Å². The van der Waals surface area contributed by atoms with Crippen LogP contribution in [0, 0.1) is 0 Å². The molecule has 0 fully saturated rings.